The fraction of sp³-hybridized carbons (Fsp3) is 0.0769. The molecule has 0 aliphatic heterocycles. The van der Waals surface area contributed by atoms with E-state index in [0.29, 0.717) is 5.75 Å². The van der Waals surface area contributed by atoms with Crippen molar-refractivity contribution in [2.24, 2.45) is 0 Å². The normalized spacial score (nSPS) is 10.3. The molecule has 0 N–H and O–H groups in total. The molecule has 0 aliphatic rings. The van der Waals surface area contributed by atoms with E-state index >= 15 is 0 Å². The van der Waals surface area contributed by atoms with E-state index in [1.165, 1.54) is 0 Å². The van der Waals surface area contributed by atoms with E-state index in [-0.39, 0.29) is 5.75 Å². The zero-order chi connectivity index (χ0) is 12.3. The van der Waals surface area contributed by atoms with Crippen LogP contribution in [0.25, 0.3) is 0 Å². The van der Waals surface area contributed by atoms with Crippen molar-refractivity contribution < 1.29 is 13.5 Å². The van der Waals surface area contributed by atoms with Crippen molar-refractivity contribution in [3.05, 3.63) is 59.7 Å². The molecule has 88 valence electrons. The molecule has 17 heavy (non-hydrogen) atoms. The van der Waals surface area contributed by atoms with E-state index in [0.717, 1.165) is 29.1 Å². The van der Waals surface area contributed by atoms with Crippen molar-refractivity contribution in [2.75, 3.05) is 0 Å². The minimum absolute atomic E-state index is 0.114. The van der Waals surface area contributed by atoms with E-state index in [2.05, 4.69) is 15.9 Å². The molecule has 1 nitrogen and oxygen atoms in total. The molecule has 0 amide bonds. The van der Waals surface area contributed by atoms with Gasteiger partial charge in [0, 0.05) is 11.4 Å². The first-order valence-corrected chi connectivity index (χ1v) is 6.09. The zero-order valence-electron chi connectivity index (χ0n) is 8.79. The summed E-state index contributed by atoms with van der Waals surface area (Å²) in [6.45, 7) is 0. The molecule has 2 aromatic rings. The fourth-order valence-electron chi connectivity index (χ4n) is 1.33. The lowest BCUT2D eigenvalue weighted by molar-refractivity contribution is 0.436. The van der Waals surface area contributed by atoms with Crippen LogP contribution in [-0.4, -0.2) is 0 Å². The first kappa shape index (κ1) is 12.0. The van der Waals surface area contributed by atoms with E-state index in [9.17, 15) is 8.78 Å². The molecule has 0 saturated carbocycles. The Labute approximate surface area is 106 Å². The predicted octanol–water partition coefficient (Wildman–Crippen LogP) is 4.65. The molecule has 4 heteroatoms. The highest BCUT2D eigenvalue weighted by Crippen LogP contribution is 2.25. The van der Waals surface area contributed by atoms with Crippen LogP contribution in [0.15, 0.2) is 42.5 Å². The summed E-state index contributed by atoms with van der Waals surface area (Å²) < 4.78 is 31.5. The number of benzene rings is 2. The van der Waals surface area contributed by atoms with Crippen molar-refractivity contribution in [1.29, 1.82) is 0 Å². The summed E-state index contributed by atoms with van der Waals surface area (Å²) >= 11 is 3.32. The summed E-state index contributed by atoms with van der Waals surface area (Å²) in [5, 5.41) is 0.738. The quantitative estimate of drug-likeness (QED) is 0.749. The summed E-state index contributed by atoms with van der Waals surface area (Å²) in [4.78, 5) is 0. The van der Waals surface area contributed by atoms with Crippen LogP contribution >= 0.6 is 15.9 Å². The summed E-state index contributed by atoms with van der Waals surface area (Å²) in [6, 6.07) is 10.2. The van der Waals surface area contributed by atoms with Gasteiger partial charge >= 0.3 is 0 Å². The highest BCUT2D eigenvalue weighted by molar-refractivity contribution is 9.08. The number of ether oxygens (including phenoxy) is 1. The Balaban J connectivity index is 2.22. The van der Waals surface area contributed by atoms with E-state index in [1.807, 2.05) is 12.1 Å². The predicted molar refractivity (Wildman–Crippen MR) is 65.5 cm³/mol. The molecule has 0 aliphatic carbocycles. The second-order valence-corrected chi connectivity index (χ2v) is 4.02. The van der Waals surface area contributed by atoms with Crippen molar-refractivity contribution in [3.8, 4) is 11.5 Å². The van der Waals surface area contributed by atoms with Gasteiger partial charge in [0.2, 0.25) is 0 Å². The molecule has 0 unspecified atom stereocenters. The van der Waals surface area contributed by atoms with Crippen LogP contribution < -0.4 is 4.74 Å². The number of rotatable bonds is 3. The Morgan fingerprint density at radius 2 is 1.71 bits per heavy atom. The molecule has 0 spiro atoms. The summed E-state index contributed by atoms with van der Waals surface area (Å²) in [7, 11) is 0. The number of alkyl halides is 1. The number of halogens is 3. The van der Waals surface area contributed by atoms with Gasteiger partial charge < -0.3 is 4.74 Å². The van der Waals surface area contributed by atoms with Crippen molar-refractivity contribution in [2.45, 2.75) is 5.33 Å². The van der Waals surface area contributed by atoms with Gasteiger partial charge in [-0.3, -0.25) is 0 Å². The molecule has 0 aromatic heterocycles. The molecule has 0 fully saturated rings. The van der Waals surface area contributed by atoms with Crippen LogP contribution in [0, 0.1) is 11.6 Å². The Hall–Kier alpha value is -1.42. The van der Waals surface area contributed by atoms with Gasteiger partial charge in [0.05, 0.1) is 0 Å². The molecular weight excluding hydrogens is 290 g/mol. The molecule has 2 aromatic carbocycles. The van der Waals surface area contributed by atoms with Gasteiger partial charge in [-0.2, -0.15) is 0 Å². The molecule has 0 heterocycles. The van der Waals surface area contributed by atoms with Crippen LogP contribution in [0.5, 0.6) is 11.5 Å². The highest BCUT2D eigenvalue weighted by atomic mass is 79.9. The highest BCUT2D eigenvalue weighted by Gasteiger charge is 2.06. The van der Waals surface area contributed by atoms with Crippen LogP contribution in [0.1, 0.15) is 5.56 Å². The van der Waals surface area contributed by atoms with E-state index < -0.39 is 11.6 Å². The Kier molecular flexibility index (Phi) is 3.74. The molecule has 0 atom stereocenters. The first-order valence-electron chi connectivity index (χ1n) is 4.97. The van der Waals surface area contributed by atoms with Crippen molar-refractivity contribution in [3.63, 3.8) is 0 Å². The lowest BCUT2D eigenvalue weighted by atomic mass is 10.2. The maximum Gasteiger partial charge on any atom is 0.165 e. The average Bonchev–Trinajstić information content (AvgIpc) is 2.35. The van der Waals surface area contributed by atoms with Gasteiger partial charge in [0.25, 0.3) is 0 Å². The third-order valence-corrected chi connectivity index (χ3v) is 2.85. The summed E-state index contributed by atoms with van der Waals surface area (Å²) in [6.07, 6.45) is 0. The molecule has 0 bridgehead atoms. The lowest BCUT2D eigenvalue weighted by Crippen LogP contribution is -1.89. The third kappa shape index (κ3) is 3.03. The van der Waals surface area contributed by atoms with Gasteiger partial charge in [0.1, 0.15) is 11.6 Å². The second-order valence-electron chi connectivity index (χ2n) is 3.45. The molecule has 2 rings (SSSR count). The maximum atomic E-state index is 13.3. The molecule has 0 radical (unpaired) electrons. The van der Waals surface area contributed by atoms with Gasteiger partial charge in [-0.15, -0.1) is 0 Å². The van der Waals surface area contributed by atoms with Crippen LogP contribution in [0.4, 0.5) is 8.78 Å². The van der Waals surface area contributed by atoms with Gasteiger partial charge in [-0.25, -0.2) is 8.78 Å². The zero-order valence-corrected chi connectivity index (χ0v) is 10.4. The summed E-state index contributed by atoms with van der Waals surface area (Å²) in [5.41, 5.74) is 1.08. The molecule has 0 saturated heterocycles. The van der Waals surface area contributed by atoms with Crippen LogP contribution in [0.3, 0.4) is 0 Å². The smallest absolute Gasteiger partial charge is 0.165 e. The standard InChI is InChI=1S/C13H9BrF2O/c14-8-9-1-4-11(5-2-9)17-13-7-10(15)3-6-12(13)16/h1-7H,8H2. The number of hydrogen-bond donors (Lipinski definition) is 0. The van der Waals surface area contributed by atoms with E-state index in [4.69, 9.17) is 4.74 Å². The van der Waals surface area contributed by atoms with Crippen LogP contribution in [-0.2, 0) is 5.33 Å². The van der Waals surface area contributed by atoms with Gasteiger partial charge in [-0.1, -0.05) is 28.1 Å². The van der Waals surface area contributed by atoms with Gasteiger partial charge in [-0.05, 0) is 29.8 Å². The van der Waals surface area contributed by atoms with Crippen molar-refractivity contribution >= 4 is 15.9 Å². The first-order chi connectivity index (χ1) is 8.19. The Bertz CT molecular complexity index is 511. The van der Waals surface area contributed by atoms with E-state index in [1.54, 1.807) is 12.1 Å². The average molecular weight is 299 g/mol. The second kappa shape index (κ2) is 5.27. The monoisotopic (exact) mass is 298 g/mol. The minimum Gasteiger partial charge on any atom is -0.454 e. The maximum absolute atomic E-state index is 13.3. The largest absolute Gasteiger partial charge is 0.454 e. The topological polar surface area (TPSA) is 9.23 Å². The SMILES string of the molecule is Fc1ccc(F)c(Oc2ccc(CBr)cc2)c1. The lowest BCUT2D eigenvalue weighted by Gasteiger charge is -2.07. The minimum atomic E-state index is -0.587. The summed E-state index contributed by atoms with van der Waals surface area (Å²) in [5.74, 6) is -0.759. The van der Waals surface area contributed by atoms with Gasteiger partial charge in [0.15, 0.2) is 11.6 Å². The van der Waals surface area contributed by atoms with Crippen molar-refractivity contribution in [1.82, 2.24) is 0 Å². The number of hydrogen-bond acceptors (Lipinski definition) is 1. The Morgan fingerprint density at radius 1 is 1.00 bits per heavy atom. The van der Waals surface area contributed by atoms with Crippen LogP contribution in [0.2, 0.25) is 0 Å². The third-order valence-electron chi connectivity index (χ3n) is 2.20. The Morgan fingerprint density at radius 3 is 2.35 bits per heavy atom. The fourth-order valence-corrected chi connectivity index (χ4v) is 1.70. The molecular formula is C13H9BrF2O.